The molecule has 1 aromatic heterocycles. The zero-order valence-corrected chi connectivity index (χ0v) is 16.9. The molecule has 1 saturated heterocycles. The van der Waals surface area contributed by atoms with Crippen LogP contribution in [-0.2, 0) is 6.54 Å². The molecule has 2 aromatic carbocycles. The zero-order chi connectivity index (χ0) is 20.1. The average molecular weight is 390 g/mol. The molecule has 0 saturated carbocycles. The third-order valence-electron chi connectivity index (χ3n) is 5.10. The lowest BCUT2D eigenvalue weighted by molar-refractivity contribution is 0.415. The summed E-state index contributed by atoms with van der Waals surface area (Å²) in [5.41, 5.74) is 3.68. The number of hydrogen-bond acceptors (Lipinski definition) is 7. The summed E-state index contributed by atoms with van der Waals surface area (Å²) in [4.78, 5) is 9.21. The van der Waals surface area contributed by atoms with Crippen molar-refractivity contribution in [3.8, 4) is 5.75 Å². The molecule has 1 fully saturated rings. The quantitative estimate of drug-likeness (QED) is 0.694. The number of ether oxygens (including phenoxy) is 1. The highest BCUT2D eigenvalue weighted by Crippen LogP contribution is 2.21. The van der Waals surface area contributed by atoms with Crippen LogP contribution in [0.1, 0.15) is 11.1 Å². The molecule has 0 atom stereocenters. The second-order valence-corrected chi connectivity index (χ2v) is 7.16. The van der Waals surface area contributed by atoms with Crippen LogP contribution in [0.25, 0.3) is 0 Å². The van der Waals surface area contributed by atoms with E-state index in [0.29, 0.717) is 12.5 Å². The van der Waals surface area contributed by atoms with E-state index in [-0.39, 0.29) is 0 Å². The molecule has 1 N–H and O–H groups in total. The normalized spacial score (nSPS) is 14.0. The van der Waals surface area contributed by atoms with Gasteiger partial charge >= 0.3 is 0 Å². The number of piperazine rings is 1. The standard InChI is InChI=1S/C22H26N6O/c1-17-4-3-5-18(14-17)15-23-21-16-24-26-22(25-21)28-12-10-27(11-13-28)19-6-8-20(29-2)9-7-19/h3-9,14,16H,10-13,15H2,1-2H3,(H,23,25,26). The molecule has 0 amide bonds. The first-order chi connectivity index (χ1) is 14.2. The molecular weight excluding hydrogens is 364 g/mol. The monoisotopic (exact) mass is 390 g/mol. The number of aryl methyl sites for hydroxylation is 1. The summed E-state index contributed by atoms with van der Waals surface area (Å²) in [5.74, 6) is 2.30. The van der Waals surface area contributed by atoms with E-state index in [1.807, 2.05) is 12.1 Å². The van der Waals surface area contributed by atoms with Gasteiger partial charge in [0.2, 0.25) is 5.95 Å². The Morgan fingerprint density at radius 2 is 1.76 bits per heavy atom. The topological polar surface area (TPSA) is 66.4 Å². The van der Waals surface area contributed by atoms with Gasteiger partial charge in [0.15, 0.2) is 5.82 Å². The first-order valence-corrected chi connectivity index (χ1v) is 9.84. The van der Waals surface area contributed by atoms with Gasteiger partial charge in [0.05, 0.1) is 13.3 Å². The van der Waals surface area contributed by atoms with Crippen molar-refractivity contribution in [3.63, 3.8) is 0 Å². The maximum Gasteiger partial charge on any atom is 0.247 e. The Morgan fingerprint density at radius 1 is 1.00 bits per heavy atom. The molecule has 0 unspecified atom stereocenters. The summed E-state index contributed by atoms with van der Waals surface area (Å²) in [6, 6.07) is 16.6. The van der Waals surface area contributed by atoms with Crippen LogP contribution in [-0.4, -0.2) is 48.5 Å². The lowest BCUT2D eigenvalue weighted by Crippen LogP contribution is -2.47. The molecule has 3 aromatic rings. The predicted octanol–water partition coefficient (Wildman–Crippen LogP) is 3.13. The number of aromatic nitrogens is 3. The summed E-state index contributed by atoms with van der Waals surface area (Å²) < 4.78 is 5.24. The highest BCUT2D eigenvalue weighted by molar-refractivity contribution is 5.51. The lowest BCUT2D eigenvalue weighted by atomic mass is 10.1. The fraction of sp³-hybridized carbons (Fsp3) is 0.318. The second-order valence-electron chi connectivity index (χ2n) is 7.16. The van der Waals surface area contributed by atoms with Gasteiger partial charge in [-0.3, -0.25) is 0 Å². The van der Waals surface area contributed by atoms with Crippen LogP contribution in [0.3, 0.4) is 0 Å². The number of nitrogens with zero attached hydrogens (tertiary/aromatic N) is 5. The molecule has 29 heavy (non-hydrogen) atoms. The van der Waals surface area contributed by atoms with Crippen molar-refractivity contribution in [1.82, 2.24) is 15.2 Å². The summed E-state index contributed by atoms with van der Waals surface area (Å²) >= 11 is 0. The minimum absolute atomic E-state index is 0.675. The number of methoxy groups -OCH3 is 1. The Balaban J connectivity index is 1.35. The Labute approximate surface area is 171 Å². The van der Waals surface area contributed by atoms with Gasteiger partial charge in [0, 0.05) is 38.4 Å². The maximum absolute atomic E-state index is 5.24. The van der Waals surface area contributed by atoms with E-state index in [9.17, 15) is 0 Å². The van der Waals surface area contributed by atoms with E-state index in [0.717, 1.165) is 37.7 Å². The summed E-state index contributed by atoms with van der Waals surface area (Å²) in [5, 5.41) is 11.7. The Hall–Kier alpha value is -3.35. The van der Waals surface area contributed by atoms with Gasteiger partial charge in [-0.2, -0.15) is 10.1 Å². The largest absolute Gasteiger partial charge is 0.497 e. The second kappa shape index (κ2) is 8.77. The van der Waals surface area contributed by atoms with Crippen molar-refractivity contribution in [2.45, 2.75) is 13.5 Å². The van der Waals surface area contributed by atoms with Crippen LogP contribution in [0.2, 0.25) is 0 Å². The van der Waals surface area contributed by atoms with Gasteiger partial charge in [0.25, 0.3) is 0 Å². The first-order valence-electron chi connectivity index (χ1n) is 9.84. The smallest absolute Gasteiger partial charge is 0.247 e. The number of nitrogens with one attached hydrogen (secondary N) is 1. The van der Waals surface area contributed by atoms with Crippen LogP contribution in [0.4, 0.5) is 17.5 Å². The third kappa shape index (κ3) is 4.74. The van der Waals surface area contributed by atoms with Gasteiger partial charge in [-0.15, -0.1) is 5.10 Å². The maximum atomic E-state index is 5.24. The van der Waals surface area contributed by atoms with Crippen LogP contribution in [0.5, 0.6) is 5.75 Å². The average Bonchev–Trinajstić information content (AvgIpc) is 2.78. The van der Waals surface area contributed by atoms with E-state index in [4.69, 9.17) is 4.74 Å². The van der Waals surface area contributed by atoms with E-state index >= 15 is 0 Å². The van der Waals surface area contributed by atoms with Gasteiger partial charge in [-0.25, -0.2) is 0 Å². The zero-order valence-electron chi connectivity index (χ0n) is 16.9. The van der Waals surface area contributed by atoms with E-state index in [1.54, 1.807) is 13.3 Å². The molecule has 1 aliphatic heterocycles. The summed E-state index contributed by atoms with van der Waals surface area (Å²) in [6.07, 6.45) is 1.67. The van der Waals surface area contributed by atoms with Crippen molar-refractivity contribution in [3.05, 3.63) is 65.9 Å². The predicted molar refractivity (Wildman–Crippen MR) is 116 cm³/mol. The molecule has 0 bridgehead atoms. The fourth-order valence-electron chi connectivity index (χ4n) is 3.49. The molecular formula is C22H26N6O. The molecule has 1 aliphatic rings. The molecule has 150 valence electrons. The number of rotatable bonds is 6. The lowest BCUT2D eigenvalue weighted by Gasteiger charge is -2.36. The van der Waals surface area contributed by atoms with Crippen molar-refractivity contribution < 1.29 is 4.74 Å². The third-order valence-corrected chi connectivity index (χ3v) is 5.10. The number of benzene rings is 2. The van der Waals surface area contributed by atoms with E-state index < -0.39 is 0 Å². The molecule has 0 aliphatic carbocycles. The van der Waals surface area contributed by atoms with Gasteiger partial charge in [-0.05, 0) is 36.8 Å². The number of anilines is 3. The minimum Gasteiger partial charge on any atom is -0.497 e. The highest BCUT2D eigenvalue weighted by Gasteiger charge is 2.20. The first kappa shape index (κ1) is 19.0. The van der Waals surface area contributed by atoms with Crippen molar-refractivity contribution in [2.75, 3.05) is 48.4 Å². The van der Waals surface area contributed by atoms with Crippen molar-refractivity contribution in [2.24, 2.45) is 0 Å². The van der Waals surface area contributed by atoms with Crippen molar-refractivity contribution >= 4 is 17.5 Å². The SMILES string of the molecule is COc1ccc(N2CCN(c3nncc(NCc4cccc(C)c4)n3)CC2)cc1. The van der Waals surface area contributed by atoms with Crippen LogP contribution < -0.4 is 19.9 Å². The van der Waals surface area contributed by atoms with Gasteiger partial charge in [-0.1, -0.05) is 29.8 Å². The number of hydrogen-bond donors (Lipinski definition) is 1. The van der Waals surface area contributed by atoms with E-state index in [1.165, 1.54) is 16.8 Å². The highest BCUT2D eigenvalue weighted by atomic mass is 16.5. The molecule has 7 heteroatoms. The Bertz CT molecular complexity index is 938. The van der Waals surface area contributed by atoms with Gasteiger partial charge in [0.1, 0.15) is 5.75 Å². The Kier molecular flexibility index (Phi) is 5.74. The van der Waals surface area contributed by atoms with Crippen LogP contribution in [0.15, 0.2) is 54.7 Å². The summed E-state index contributed by atoms with van der Waals surface area (Å²) in [7, 11) is 1.69. The molecule has 0 radical (unpaired) electrons. The Morgan fingerprint density at radius 3 is 2.48 bits per heavy atom. The fourth-order valence-corrected chi connectivity index (χ4v) is 3.49. The molecule has 4 rings (SSSR count). The van der Waals surface area contributed by atoms with Gasteiger partial charge < -0.3 is 19.9 Å². The van der Waals surface area contributed by atoms with Crippen LogP contribution >= 0.6 is 0 Å². The van der Waals surface area contributed by atoms with Crippen LogP contribution in [0, 0.1) is 6.92 Å². The minimum atomic E-state index is 0.675. The summed E-state index contributed by atoms with van der Waals surface area (Å²) in [6.45, 7) is 6.35. The molecule has 2 heterocycles. The molecule has 0 spiro atoms. The van der Waals surface area contributed by atoms with E-state index in [2.05, 4.69) is 73.6 Å². The molecule has 7 nitrogen and oxygen atoms in total. The van der Waals surface area contributed by atoms with Crippen molar-refractivity contribution in [1.29, 1.82) is 0 Å².